The second-order valence-electron chi connectivity index (χ2n) is 4.85. The van der Waals surface area contributed by atoms with E-state index >= 15 is 0 Å². The quantitative estimate of drug-likeness (QED) is 0.890. The lowest BCUT2D eigenvalue weighted by atomic mass is 10.1. The van der Waals surface area contributed by atoms with Crippen LogP contribution in [0.15, 0.2) is 41.1 Å². The number of para-hydroxylation sites is 1. The van der Waals surface area contributed by atoms with Crippen LogP contribution in [0.1, 0.15) is 11.6 Å². The Labute approximate surface area is 127 Å². The lowest BCUT2D eigenvalue weighted by Crippen LogP contribution is -2.36. The minimum absolute atomic E-state index is 0.0858. The second kappa shape index (κ2) is 7.19. The van der Waals surface area contributed by atoms with Gasteiger partial charge in [0, 0.05) is 6.54 Å². The summed E-state index contributed by atoms with van der Waals surface area (Å²) < 4.78 is 13.5. The van der Waals surface area contributed by atoms with Gasteiger partial charge in [-0.3, -0.25) is 0 Å². The maximum atomic E-state index is 13.5. The molecule has 2 rings (SSSR count). The molecule has 4 nitrogen and oxygen atoms in total. The first-order valence-electron chi connectivity index (χ1n) is 6.56. The maximum absolute atomic E-state index is 13.5. The Kier molecular flexibility index (Phi) is 5.30. The van der Waals surface area contributed by atoms with Crippen molar-refractivity contribution in [1.82, 2.24) is 10.2 Å². The molecule has 1 heterocycles. The number of urea groups is 1. The van der Waals surface area contributed by atoms with Crippen molar-refractivity contribution in [1.29, 1.82) is 0 Å². The van der Waals surface area contributed by atoms with Crippen molar-refractivity contribution in [2.24, 2.45) is 0 Å². The molecule has 0 bridgehead atoms. The largest absolute Gasteiger partial charge is 0.336 e. The fourth-order valence-electron chi connectivity index (χ4n) is 1.98. The normalized spacial score (nSPS) is 12.2. The van der Waals surface area contributed by atoms with E-state index in [2.05, 4.69) is 16.0 Å². The predicted octanol–water partition coefficient (Wildman–Crippen LogP) is 3.31. The van der Waals surface area contributed by atoms with Crippen LogP contribution in [0, 0.1) is 5.82 Å². The van der Waals surface area contributed by atoms with Crippen molar-refractivity contribution in [2.45, 2.75) is 6.04 Å². The van der Waals surface area contributed by atoms with E-state index in [-0.39, 0.29) is 11.7 Å². The number of carbonyl (C=O) groups excluding carboxylic acids is 1. The summed E-state index contributed by atoms with van der Waals surface area (Å²) in [4.78, 5) is 13.9. The Bertz CT molecular complexity index is 586. The number of carbonyl (C=O) groups is 1. The van der Waals surface area contributed by atoms with Gasteiger partial charge in [-0.05, 0) is 48.6 Å². The van der Waals surface area contributed by atoms with Crippen molar-refractivity contribution in [3.63, 3.8) is 0 Å². The molecule has 0 aliphatic carbocycles. The lowest BCUT2D eigenvalue weighted by Gasteiger charge is -2.24. The van der Waals surface area contributed by atoms with Gasteiger partial charge in [-0.15, -0.1) is 0 Å². The van der Waals surface area contributed by atoms with Crippen LogP contribution in [-0.4, -0.2) is 31.6 Å². The molecule has 2 amide bonds. The topological polar surface area (TPSA) is 44.4 Å². The van der Waals surface area contributed by atoms with Crippen LogP contribution >= 0.6 is 11.3 Å². The molecular formula is C15H18FN3OS. The highest BCUT2D eigenvalue weighted by molar-refractivity contribution is 7.07. The van der Waals surface area contributed by atoms with E-state index in [1.165, 1.54) is 12.1 Å². The third-order valence-electron chi connectivity index (χ3n) is 3.13. The predicted molar refractivity (Wildman–Crippen MR) is 84.2 cm³/mol. The number of halogens is 1. The molecule has 1 atom stereocenters. The molecule has 0 aliphatic heterocycles. The summed E-state index contributed by atoms with van der Waals surface area (Å²) in [7, 11) is 3.91. The third kappa shape index (κ3) is 4.27. The van der Waals surface area contributed by atoms with Gasteiger partial charge in [0.2, 0.25) is 0 Å². The van der Waals surface area contributed by atoms with Gasteiger partial charge < -0.3 is 15.5 Å². The number of likely N-dealkylation sites (N-methyl/N-ethyl adjacent to an activating group) is 1. The van der Waals surface area contributed by atoms with Crippen molar-refractivity contribution in [2.75, 3.05) is 26.0 Å². The van der Waals surface area contributed by atoms with Gasteiger partial charge in [0.15, 0.2) is 0 Å². The first-order valence-corrected chi connectivity index (χ1v) is 7.50. The van der Waals surface area contributed by atoms with Crippen LogP contribution in [0.2, 0.25) is 0 Å². The zero-order chi connectivity index (χ0) is 15.2. The van der Waals surface area contributed by atoms with Gasteiger partial charge in [0.1, 0.15) is 5.82 Å². The van der Waals surface area contributed by atoms with Crippen LogP contribution < -0.4 is 10.6 Å². The average molecular weight is 307 g/mol. The summed E-state index contributed by atoms with van der Waals surface area (Å²) in [5, 5.41) is 9.35. The lowest BCUT2D eigenvalue weighted by molar-refractivity contribution is 0.243. The number of benzene rings is 1. The molecule has 21 heavy (non-hydrogen) atoms. The smallest absolute Gasteiger partial charge is 0.319 e. The highest BCUT2D eigenvalue weighted by Gasteiger charge is 2.16. The molecule has 6 heteroatoms. The number of hydrogen-bond donors (Lipinski definition) is 2. The van der Waals surface area contributed by atoms with E-state index in [0.717, 1.165) is 5.56 Å². The number of amides is 2. The fourth-order valence-corrected chi connectivity index (χ4v) is 2.69. The van der Waals surface area contributed by atoms with E-state index in [0.29, 0.717) is 6.54 Å². The van der Waals surface area contributed by atoms with Crippen LogP contribution in [0.5, 0.6) is 0 Å². The van der Waals surface area contributed by atoms with Crippen LogP contribution in [0.3, 0.4) is 0 Å². The molecule has 0 spiro atoms. The van der Waals surface area contributed by atoms with Crippen LogP contribution in [0.25, 0.3) is 0 Å². The van der Waals surface area contributed by atoms with Gasteiger partial charge in [-0.1, -0.05) is 12.1 Å². The minimum atomic E-state index is -0.449. The second-order valence-corrected chi connectivity index (χ2v) is 5.63. The van der Waals surface area contributed by atoms with Crippen molar-refractivity contribution < 1.29 is 9.18 Å². The molecule has 2 N–H and O–H groups in total. The van der Waals surface area contributed by atoms with E-state index in [1.54, 1.807) is 23.5 Å². The SMILES string of the molecule is CN(C)[C@@H](CNC(=O)Nc1ccccc1F)c1ccsc1. The minimum Gasteiger partial charge on any atom is -0.336 e. The molecule has 0 aliphatic rings. The summed E-state index contributed by atoms with van der Waals surface area (Å²) in [6.45, 7) is 0.448. The number of thiophene rings is 1. The molecule has 1 aromatic carbocycles. The molecule has 0 radical (unpaired) electrons. The van der Waals surface area contributed by atoms with E-state index in [9.17, 15) is 9.18 Å². The molecule has 0 saturated carbocycles. The molecule has 2 aromatic rings. The van der Waals surface area contributed by atoms with Crippen molar-refractivity contribution in [3.05, 3.63) is 52.5 Å². The highest BCUT2D eigenvalue weighted by Crippen LogP contribution is 2.20. The Morgan fingerprint density at radius 3 is 2.71 bits per heavy atom. The zero-order valence-corrected chi connectivity index (χ0v) is 12.8. The number of nitrogens with one attached hydrogen (secondary N) is 2. The van der Waals surface area contributed by atoms with Crippen molar-refractivity contribution >= 4 is 23.1 Å². The highest BCUT2D eigenvalue weighted by atomic mass is 32.1. The number of hydrogen-bond acceptors (Lipinski definition) is 3. The Balaban J connectivity index is 1.92. The fraction of sp³-hybridized carbons (Fsp3) is 0.267. The molecule has 0 fully saturated rings. The zero-order valence-electron chi connectivity index (χ0n) is 12.0. The van der Waals surface area contributed by atoms with Gasteiger partial charge in [0.25, 0.3) is 0 Å². The Hall–Kier alpha value is -1.92. The Morgan fingerprint density at radius 1 is 1.33 bits per heavy atom. The molecular weight excluding hydrogens is 289 g/mol. The van der Waals surface area contributed by atoms with E-state index in [4.69, 9.17) is 0 Å². The van der Waals surface area contributed by atoms with E-state index in [1.807, 2.05) is 30.4 Å². The van der Waals surface area contributed by atoms with Crippen LogP contribution in [0.4, 0.5) is 14.9 Å². The molecule has 112 valence electrons. The number of nitrogens with zero attached hydrogens (tertiary/aromatic N) is 1. The third-order valence-corrected chi connectivity index (χ3v) is 3.83. The summed E-state index contributed by atoms with van der Waals surface area (Å²) in [5.41, 5.74) is 1.32. The molecule has 1 aromatic heterocycles. The maximum Gasteiger partial charge on any atom is 0.319 e. The molecule has 0 saturated heterocycles. The van der Waals surface area contributed by atoms with Gasteiger partial charge in [-0.25, -0.2) is 9.18 Å². The summed E-state index contributed by atoms with van der Waals surface area (Å²) in [6, 6.07) is 7.79. The van der Waals surface area contributed by atoms with Gasteiger partial charge in [-0.2, -0.15) is 11.3 Å². The number of rotatable bonds is 5. The van der Waals surface area contributed by atoms with E-state index < -0.39 is 11.8 Å². The monoisotopic (exact) mass is 307 g/mol. The first-order chi connectivity index (χ1) is 10.1. The van der Waals surface area contributed by atoms with Crippen LogP contribution in [-0.2, 0) is 0 Å². The van der Waals surface area contributed by atoms with Crippen molar-refractivity contribution in [3.8, 4) is 0 Å². The van der Waals surface area contributed by atoms with Gasteiger partial charge >= 0.3 is 6.03 Å². The molecule has 0 unspecified atom stereocenters. The number of anilines is 1. The summed E-state index contributed by atoms with van der Waals surface area (Å²) in [6.07, 6.45) is 0. The first kappa shape index (κ1) is 15.5. The summed E-state index contributed by atoms with van der Waals surface area (Å²) in [5.74, 6) is -0.449. The summed E-state index contributed by atoms with van der Waals surface area (Å²) >= 11 is 1.62. The van der Waals surface area contributed by atoms with Gasteiger partial charge in [0.05, 0.1) is 11.7 Å². The Morgan fingerprint density at radius 2 is 2.10 bits per heavy atom. The average Bonchev–Trinajstić information content (AvgIpc) is 2.95. The standard InChI is InChI=1S/C15H18FN3OS/c1-19(2)14(11-7-8-21-10-11)9-17-15(20)18-13-6-4-3-5-12(13)16/h3-8,10,14H,9H2,1-2H3,(H2,17,18,20)/t14-/m0/s1.